The summed E-state index contributed by atoms with van der Waals surface area (Å²) >= 11 is 0. The first kappa shape index (κ1) is 13.9. The van der Waals surface area contributed by atoms with E-state index in [-0.39, 0.29) is 0 Å². The number of hydrogen-bond donors (Lipinski definition) is 1. The highest BCUT2D eigenvalue weighted by atomic mass is 15.4. The van der Waals surface area contributed by atoms with Gasteiger partial charge >= 0.3 is 0 Å². The van der Waals surface area contributed by atoms with Crippen molar-refractivity contribution in [2.45, 2.75) is 71.5 Å². The lowest BCUT2D eigenvalue weighted by molar-refractivity contribution is -0.943. The van der Waals surface area contributed by atoms with Crippen LogP contribution in [0.15, 0.2) is 0 Å². The van der Waals surface area contributed by atoms with E-state index in [0.29, 0.717) is 0 Å². The first-order chi connectivity index (χ1) is 9.13. The van der Waals surface area contributed by atoms with Gasteiger partial charge in [-0.3, -0.25) is 0 Å². The fraction of sp³-hybridized carbons (Fsp3) is 1.00. The Hall–Kier alpha value is -0.0800. The van der Waals surface area contributed by atoms with E-state index in [0.717, 1.165) is 30.0 Å². The third-order valence-corrected chi connectivity index (χ3v) is 6.06. The van der Waals surface area contributed by atoms with Crippen LogP contribution in [-0.4, -0.2) is 36.7 Å². The highest BCUT2D eigenvalue weighted by Crippen LogP contribution is 2.28. The molecule has 2 nitrogen and oxygen atoms in total. The molecule has 1 saturated carbocycles. The van der Waals surface area contributed by atoms with E-state index in [2.05, 4.69) is 25.7 Å². The molecule has 2 heteroatoms. The molecule has 0 aromatic carbocycles. The van der Waals surface area contributed by atoms with Crippen LogP contribution < -0.4 is 4.90 Å². The van der Waals surface area contributed by atoms with Gasteiger partial charge in [-0.15, -0.1) is 0 Å². The molecule has 0 aromatic rings. The molecule has 6 unspecified atom stereocenters. The molecule has 3 aliphatic rings. The molecular weight excluding hydrogens is 232 g/mol. The van der Waals surface area contributed by atoms with Crippen molar-refractivity contribution in [2.24, 2.45) is 17.8 Å². The van der Waals surface area contributed by atoms with Crippen molar-refractivity contribution in [2.75, 3.05) is 19.6 Å². The van der Waals surface area contributed by atoms with Crippen LogP contribution in [0.2, 0.25) is 0 Å². The summed E-state index contributed by atoms with van der Waals surface area (Å²) in [7, 11) is 0. The van der Waals surface area contributed by atoms with E-state index < -0.39 is 0 Å². The summed E-state index contributed by atoms with van der Waals surface area (Å²) in [5.41, 5.74) is 0. The molecule has 2 aliphatic heterocycles. The van der Waals surface area contributed by atoms with Gasteiger partial charge in [-0.05, 0) is 38.0 Å². The van der Waals surface area contributed by atoms with Crippen LogP contribution in [0.4, 0.5) is 0 Å². The molecule has 3 fully saturated rings. The monoisotopic (exact) mass is 265 g/mol. The van der Waals surface area contributed by atoms with Crippen molar-refractivity contribution in [3.63, 3.8) is 0 Å². The van der Waals surface area contributed by atoms with Crippen molar-refractivity contribution in [3.05, 3.63) is 0 Å². The van der Waals surface area contributed by atoms with Gasteiger partial charge in [0.05, 0.1) is 19.1 Å². The largest absolute Gasteiger partial charge is 0.316 e. The van der Waals surface area contributed by atoms with Gasteiger partial charge in [0.15, 0.2) is 0 Å². The average molecular weight is 265 g/mol. The minimum Gasteiger partial charge on any atom is -0.316 e. The van der Waals surface area contributed by atoms with Crippen LogP contribution in [0.25, 0.3) is 0 Å². The number of piperidine rings is 1. The quantitative estimate of drug-likeness (QED) is 0.804. The van der Waals surface area contributed by atoms with Gasteiger partial charge in [0, 0.05) is 18.9 Å². The number of fused-ring (bicyclic) bond motifs is 1. The molecule has 0 radical (unpaired) electrons. The average Bonchev–Trinajstić information content (AvgIpc) is 2.65. The number of hydrogen-bond acceptors (Lipinski definition) is 1. The molecule has 0 aromatic heterocycles. The molecule has 2 heterocycles. The van der Waals surface area contributed by atoms with Gasteiger partial charge in [-0.1, -0.05) is 26.7 Å². The van der Waals surface area contributed by atoms with E-state index in [9.17, 15) is 0 Å². The maximum absolute atomic E-state index is 2.81. The zero-order valence-corrected chi connectivity index (χ0v) is 13.2. The Balaban J connectivity index is 1.60. The number of quaternary nitrogens is 1. The van der Waals surface area contributed by atoms with Gasteiger partial charge in [-0.25, -0.2) is 4.90 Å². The van der Waals surface area contributed by atoms with E-state index in [1.165, 1.54) is 58.2 Å². The van der Waals surface area contributed by atoms with Crippen LogP contribution in [0.3, 0.4) is 0 Å². The minimum absolute atomic E-state index is 0.864. The van der Waals surface area contributed by atoms with E-state index >= 15 is 0 Å². The van der Waals surface area contributed by atoms with Gasteiger partial charge in [0.25, 0.3) is 0 Å². The zero-order chi connectivity index (χ0) is 13.4. The number of nitrogens with zero attached hydrogens (tertiary/aromatic N) is 1. The molecule has 3 rings (SSSR count). The molecular formula is C17H33N2+. The molecule has 0 spiro atoms. The van der Waals surface area contributed by atoms with Crippen molar-refractivity contribution >= 4 is 0 Å². The third-order valence-electron chi connectivity index (χ3n) is 6.06. The summed E-state index contributed by atoms with van der Waals surface area (Å²) in [6.45, 7) is 11.6. The second-order valence-electron chi connectivity index (χ2n) is 7.97. The molecule has 2 saturated heterocycles. The first-order valence-corrected chi connectivity index (χ1v) is 8.73. The van der Waals surface area contributed by atoms with E-state index in [1.54, 1.807) is 0 Å². The van der Waals surface area contributed by atoms with Crippen LogP contribution in [0.5, 0.6) is 0 Å². The standard InChI is InChI=1S/C17H32N2/c1-13-5-4-6-16(9-13)12-19-15(3)11-18-10-14(2)7-8-17(18)19/h13-17H,4-12H2,1-3H3/p+1. The molecule has 110 valence electrons. The third kappa shape index (κ3) is 3.00. The molecule has 6 atom stereocenters. The highest BCUT2D eigenvalue weighted by molar-refractivity contribution is 4.81. The summed E-state index contributed by atoms with van der Waals surface area (Å²) in [5, 5.41) is 0. The summed E-state index contributed by atoms with van der Waals surface area (Å²) in [5.74, 6) is 2.93. The molecule has 1 N–H and O–H groups in total. The van der Waals surface area contributed by atoms with Gasteiger partial charge < -0.3 is 4.90 Å². The summed E-state index contributed by atoms with van der Waals surface area (Å²) in [6, 6.07) is 0.868. The fourth-order valence-electron chi connectivity index (χ4n) is 5.08. The Morgan fingerprint density at radius 2 is 1.79 bits per heavy atom. The fourth-order valence-corrected chi connectivity index (χ4v) is 5.08. The van der Waals surface area contributed by atoms with Crippen molar-refractivity contribution in [3.8, 4) is 0 Å². The maximum atomic E-state index is 2.81. The Morgan fingerprint density at radius 1 is 0.947 bits per heavy atom. The van der Waals surface area contributed by atoms with Crippen molar-refractivity contribution in [1.29, 1.82) is 0 Å². The normalized spacial score (nSPS) is 48.2. The van der Waals surface area contributed by atoms with Gasteiger partial charge in [0.1, 0.15) is 6.17 Å². The maximum Gasteiger partial charge on any atom is 0.144 e. The summed E-state index contributed by atoms with van der Waals surface area (Å²) in [6.07, 6.45) is 9.74. The topological polar surface area (TPSA) is 7.68 Å². The SMILES string of the molecule is CC1CCCC(C[NH+]2C(C)CN3CC(C)CCC32)C1. The number of nitrogens with one attached hydrogen (secondary N) is 1. The van der Waals surface area contributed by atoms with Crippen LogP contribution in [0.1, 0.15) is 59.3 Å². The molecule has 0 bridgehead atoms. The first-order valence-electron chi connectivity index (χ1n) is 8.73. The second-order valence-corrected chi connectivity index (χ2v) is 7.97. The summed E-state index contributed by atoms with van der Waals surface area (Å²) < 4.78 is 0. The molecule has 19 heavy (non-hydrogen) atoms. The predicted octanol–water partition coefficient (Wildman–Crippen LogP) is 2.16. The van der Waals surface area contributed by atoms with Gasteiger partial charge in [-0.2, -0.15) is 0 Å². The summed E-state index contributed by atoms with van der Waals surface area (Å²) in [4.78, 5) is 4.74. The van der Waals surface area contributed by atoms with Gasteiger partial charge in [0.2, 0.25) is 0 Å². The second kappa shape index (κ2) is 5.73. The molecule has 1 aliphatic carbocycles. The number of rotatable bonds is 2. The minimum atomic E-state index is 0.864. The lowest BCUT2D eigenvalue weighted by Crippen LogP contribution is -3.18. The van der Waals surface area contributed by atoms with Crippen molar-refractivity contribution in [1.82, 2.24) is 4.90 Å². The molecule has 0 amide bonds. The van der Waals surface area contributed by atoms with E-state index in [1.807, 2.05) is 4.90 Å². The smallest absolute Gasteiger partial charge is 0.144 e. The van der Waals surface area contributed by atoms with Crippen LogP contribution >= 0.6 is 0 Å². The highest BCUT2D eigenvalue weighted by Gasteiger charge is 2.44. The Kier molecular flexibility index (Phi) is 4.19. The van der Waals surface area contributed by atoms with E-state index in [4.69, 9.17) is 0 Å². The zero-order valence-electron chi connectivity index (χ0n) is 13.2. The van der Waals surface area contributed by atoms with Crippen LogP contribution in [-0.2, 0) is 0 Å². The Labute approximate surface area is 119 Å². The predicted molar refractivity (Wildman–Crippen MR) is 80.2 cm³/mol. The Bertz CT molecular complexity index is 304. The van der Waals surface area contributed by atoms with Crippen LogP contribution in [0, 0.1) is 17.8 Å². The Morgan fingerprint density at radius 3 is 2.58 bits per heavy atom. The van der Waals surface area contributed by atoms with Crippen molar-refractivity contribution < 1.29 is 4.90 Å². The lowest BCUT2D eigenvalue weighted by atomic mass is 9.82. The lowest BCUT2D eigenvalue weighted by Gasteiger charge is -2.37.